The van der Waals surface area contributed by atoms with E-state index in [1.165, 1.54) is 42.8 Å². The summed E-state index contributed by atoms with van der Waals surface area (Å²) in [6, 6.07) is 16.9. The molecule has 2 amide bonds. The highest BCUT2D eigenvalue weighted by molar-refractivity contribution is 7.13. The van der Waals surface area contributed by atoms with Crippen LogP contribution in [0.25, 0.3) is 11.1 Å². The highest BCUT2D eigenvalue weighted by atomic mass is 32.1. The first-order valence-electron chi connectivity index (χ1n) is 11.9. The quantitative estimate of drug-likeness (QED) is 0.463. The van der Waals surface area contributed by atoms with Crippen LogP contribution in [0.3, 0.4) is 0 Å². The van der Waals surface area contributed by atoms with Crippen LogP contribution in [0.2, 0.25) is 0 Å². The van der Waals surface area contributed by atoms with Gasteiger partial charge in [0.25, 0.3) is 0 Å². The van der Waals surface area contributed by atoms with Crippen LogP contribution in [0.4, 0.5) is 5.13 Å². The number of amides is 2. The number of hydrogen-bond acceptors (Lipinski definition) is 5. The number of benzene rings is 2. The van der Waals surface area contributed by atoms with Crippen molar-refractivity contribution in [1.82, 2.24) is 15.2 Å². The zero-order valence-electron chi connectivity index (χ0n) is 19.8. The van der Waals surface area contributed by atoms with Crippen molar-refractivity contribution in [3.05, 3.63) is 70.7 Å². The average molecular weight is 477 g/mol. The lowest BCUT2D eigenvalue weighted by Crippen LogP contribution is -2.25. The Kier molecular flexibility index (Phi) is 8.08. The summed E-state index contributed by atoms with van der Waals surface area (Å²) in [7, 11) is 0. The van der Waals surface area contributed by atoms with Gasteiger partial charge >= 0.3 is 0 Å². The molecule has 0 spiro atoms. The number of hydrogen-bond donors (Lipinski definition) is 2. The van der Waals surface area contributed by atoms with E-state index < -0.39 is 0 Å². The van der Waals surface area contributed by atoms with Crippen LogP contribution in [0.15, 0.2) is 53.9 Å². The lowest BCUT2D eigenvalue weighted by atomic mass is 9.98. The second-order valence-corrected chi connectivity index (χ2v) is 9.94. The molecule has 1 fully saturated rings. The average Bonchev–Trinajstić information content (AvgIpc) is 3.50. The first kappa shape index (κ1) is 24.1. The van der Waals surface area contributed by atoms with E-state index >= 15 is 0 Å². The number of carbonyl (C=O) groups excluding carboxylic acids is 2. The zero-order chi connectivity index (χ0) is 23.9. The Morgan fingerprint density at radius 3 is 2.53 bits per heavy atom. The molecule has 2 heterocycles. The Labute approximate surface area is 205 Å². The van der Waals surface area contributed by atoms with Crippen molar-refractivity contribution in [1.29, 1.82) is 0 Å². The van der Waals surface area contributed by atoms with Gasteiger partial charge in [0.15, 0.2) is 5.13 Å². The van der Waals surface area contributed by atoms with E-state index in [1.807, 2.05) is 31.4 Å². The molecular formula is C27H32N4O2S. The third-order valence-electron chi connectivity index (χ3n) is 6.01. The van der Waals surface area contributed by atoms with Crippen LogP contribution in [-0.2, 0) is 29.1 Å². The molecule has 0 atom stereocenters. The Bertz CT molecular complexity index is 1120. The van der Waals surface area contributed by atoms with Crippen LogP contribution in [0, 0.1) is 5.92 Å². The third-order valence-corrected chi connectivity index (χ3v) is 6.82. The van der Waals surface area contributed by atoms with Crippen LogP contribution >= 0.6 is 11.3 Å². The number of nitrogens with zero attached hydrogens (tertiary/aromatic N) is 2. The smallest absolute Gasteiger partial charge is 0.228 e. The number of thiazole rings is 1. The Morgan fingerprint density at radius 1 is 1.06 bits per heavy atom. The predicted molar refractivity (Wildman–Crippen MR) is 138 cm³/mol. The molecule has 4 rings (SSSR count). The summed E-state index contributed by atoms with van der Waals surface area (Å²) in [5.41, 5.74) is 5.35. The summed E-state index contributed by atoms with van der Waals surface area (Å²) >= 11 is 1.34. The molecular weight excluding hydrogens is 444 g/mol. The molecule has 2 aromatic carbocycles. The van der Waals surface area contributed by atoms with E-state index in [0.717, 1.165) is 23.2 Å². The van der Waals surface area contributed by atoms with Gasteiger partial charge in [0, 0.05) is 24.4 Å². The van der Waals surface area contributed by atoms with Crippen molar-refractivity contribution in [2.75, 3.05) is 18.4 Å². The standard InChI is InChI=1S/C27H32N4O2S/c1-19(2)26(33)30-27-29-23(18-34-27)15-25(32)28-16-22-7-3-4-8-24(22)21-11-9-20(10-12-21)17-31-13-5-6-14-31/h3-4,7-12,18-19H,5-6,13-17H2,1-2H3,(H,28,32)(H,29,30,33). The second-order valence-electron chi connectivity index (χ2n) is 9.08. The van der Waals surface area contributed by atoms with E-state index in [1.54, 1.807) is 0 Å². The van der Waals surface area contributed by atoms with Crippen LogP contribution in [0.1, 0.15) is 43.5 Å². The number of nitrogens with one attached hydrogen (secondary N) is 2. The maximum absolute atomic E-state index is 12.5. The van der Waals surface area contributed by atoms with Crippen LogP contribution < -0.4 is 10.6 Å². The van der Waals surface area contributed by atoms with Gasteiger partial charge in [-0.05, 0) is 48.2 Å². The second kappa shape index (κ2) is 11.4. The molecule has 0 aliphatic carbocycles. The van der Waals surface area contributed by atoms with Crippen molar-refractivity contribution in [3.8, 4) is 11.1 Å². The molecule has 0 saturated carbocycles. The van der Waals surface area contributed by atoms with Crippen molar-refractivity contribution < 1.29 is 9.59 Å². The van der Waals surface area contributed by atoms with Gasteiger partial charge in [0.2, 0.25) is 11.8 Å². The van der Waals surface area contributed by atoms with Crippen LogP contribution in [-0.4, -0.2) is 34.8 Å². The van der Waals surface area contributed by atoms with Crippen molar-refractivity contribution >= 4 is 28.3 Å². The Hall–Kier alpha value is -3.03. The Balaban J connectivity index is 1.34. The number of rotatable bonds is 9. The molecule has 1 aliphatic rings. The number of anilines is 1. The van der Waals surface area contributed by atoms with Gasteiger partial charge in [0.05, 0.1) is 12.1 Å². The fraction of sp³-hybridized carbons (Fsp3) is 0.370. The fourth-order valence-electron chi connectivity index (χ4n) is 4.06. The zero-order valence-corrected chi connectivity index (χ0v) is 20.7. The first-order valence-corrected chi connectivity index (χ1v) is 12.8. The van der Waals surface area contributed by atoms with Gasteiger partial charge in [-0.15, -0.1) is 11.3 Å². The number of likely N-dealkylation sites (tertiary alicyclic amines) is 1. The van der Waals surface area contributed by atoms with E-state index in [0.29, 0.717) is 17.4 Å². The molecule has 0 unspecified atom stereocenters. The van der Waals surface area contributed by atoms with Crippen molar-refractivity contribution in [2.24, 2.45) is 5.92 Å². The normalized spacial score (nSPS) is 13.9. The minimum absolute atomic E-state index is 0.0777. The van der Waals surface area contributed by atoms with Crippen LogP contribution in [0.5, 0.6) is 0 Å². The van der Waals surface area contributed by atoms with Gasteiger partial charge < -0.3 is 10.6 Å². The fourth-order valence-corrected chi connectivity index (χ4v) is 4.77. The number of carbonyl (C=O) groups is 2. The Morgan fingerprint density at radius 2 is 1.79 bits per heavy atom. The predicted octanol–water partition coefficient (Wildman–Crippen LogP) is 4.86. The highest BCUT2D eigenvalue weighted by Gasteiger charge is 2.14. The van der Waals surface area contributed by atoms with E-state index in [-0.39, 0.29) is 24.2 Å². The van der Waals surface area contributed by atoms with E-state index in [2.05, 4.69) is 56.9 Å². The largest absolute Gasteiger partial charge is 0.352 e. The minimum Gasteiger partial charge on any atom is -0.352 e. The topological polar surface area (TPSA) is 74.3 Å². The summed E-state index contributed by atoms with van der Waals surface area (Å²) in [6.07, 6.45) is 2.78. The highest BCUT2D eigenvalue weighted by Crippen LogP contribution is 2.25. The summed E-state index contributed by atoms with van der Waals surface area (Å²) in [5.74, 6) is -0.286. The van der Waals surface area contributed by atoms with E-state index in [9.17, 15) is 9.59 Å². The summed E-state index contributed by atoms with van der Waals surface area (Å²) < 4.78 is 0. The molecule has 34 heavy (non-hydrogen) atoms. The molecule has 0 radical (unpaired) electrons. The monoisotopic (exact) mass is 476 g/mol. The lowest BCUT2D eigenvalue weighted by molar-refractivity contribution is -0.120. The number of aromatic nitrogens is 1. The molecule has 6 nitrogen and oxygen atoms in total. The maximum atomic E-state index is 12.5. The van der Waals surface area contributed by atoms with Gasteiger partial charge in [-0.1, -0.05) is 62.4 Å². The summed E-state index contributed by atoms with van der Waals surface area (Å²) in [5, 5.41) is 8.13. The van der Waals surface area contributed by atoms with E-state index in [4.69, 9.17) is 0 Å². The summed E-state index contributed by atoms with van der Waals surface area (Å²) in [6.45, 7) is 7.51. The maximum Gasteiger partial charge on any atom is 0.228 e. The lowest BCUT2D eigenvalue weighted by Gasteiger charge is -2.15. The third kappa shape index (κ3) is 6.52. The molecule has 1 aliphatic heterocycles. The molecule has 0 bridgehead atoms. The first-order chi connectivity index (χ1) is 16.5. The molecule has 2 N–H and O–H groups in total. The van der Waals surface area contributed by atoms with Gasteiger partial charge in [-0.25, -0.2) is 4.98 Å². The SMILES string of the molecule is CC(C)C(=O)Nc1nc(CC(=O)NCc2ccccc2-c2ccc(CN3CCCC3)cc2)cs1. The molecule has 178 valence electrons. The molecule has 1 aromatic heterocycles. The van der Waals surface area contributed by atoms with Gasteiger partial charge in [-0.3, -0.25) is 14.5 Å². The molecule has 3 aromatic rings. The minimum atomic E-state index is -0.114. The molecule has 1 saturated heterocycles. The van der Waals surface area contributed by atoms with Crippen molar-refractivity contribution in [3.63, 3.8) is 0 Å². The summed E-state index contributed by atoms with van der Waals surface area (Å²) in [4.78, 5) is 31.2. The van der Waals surface area contributed by atoms with Crippen molar-refractivity contribution in [2.45, 2.75) is 46.2 Å². The van der Waals surface area contributed by atoms with Gasteiger partial charge in [-0.2, -0.15) is 0 Å². The molecule has 7 heteroatoms. The van der Waals surface area contributed by atoms with Gasteiger partial charge in [0.1, 0.15) is 0 Å².